The number of ether oxygens (including phenoxy) is 1. The Morgan fingerprint density at radius 1 is 1.14 bits per heavy atom. The molecule has 3 aromatic rings. The Balaban J connectivity index is 1.49. The number of H-pyrrole nitrogens is 1. The highest BCUT2D eigenvalue weighted by Crippen LogP contribution is 2.39. The molecule has 0 saturated carbocycles. The van der Waals surface area contributed by atoms with Crippen LogP contribution >= 0.6 is 0 Å². The number of aromatic amines is 1. The third kappa shape index (κ3) is 3.14. The SMILES string of the molecule is O=C(N[C@@H]1CCCc2c1[nH]c1ccc(F)cc21)C1(c2ccccc2)CCOCC1. The lowest BCUT2D eigenvalue weighted by atomic mass is 9.73. The molecule has 0 radical (unpaired) electrons. The molecule has 1 atom stereocenters. The maximum atomic E-state index is 13.8. The number of fused-ring (bicyclic) bond motifs is 3. The van der Waals surface area contributed by atoms with Crippen LogP contribution in [0.3, 0.4) is 0 Å². The number of hydrogen-bond donors (Lipinski definition) is 2. The molecule has 4 nitrogen and oxygen atoms in total. The van der Waals surface area contributed by atoms with Crippen molar-refractivity contribution in [1.82, 2.24) is 10.3 Å². The number of carbonyl (C=O) groups excluding carboxylic acids is 1. The Labute approximate surface area is 169 Å². The summed E-state index contributed by atoms with van der Waals surface area (Å²) in [6, 6.07) is 14.8. The zero-order valence-corrected chi connectivity index (χ0v) is 16.3. The van der Waals surface area contributed by atoms with Crippen molar-refractivity contribution in [2.75, 3.05) is 13.2 Å². The highest BCUT2D eigenvalue weighted by atomic mass is 19.1. The van der Waals surface area contributed by atoms with E-state index >= 15 is 0 Å². The van der Waals surface area contributed by atoms with E-state index in [0.29, 0.717) is 26.1 Å². The first-order chi connectivity index (χ1) is 14.2. The van der Waals surface area contributed by atoms with E-state index in [1.54, 1.807) is 12.1 Å². The fraction of sp³-hybridized carbons (Fsp3) is 0.375. The lowest BCUT2D eigenvalue weighted by Crippen LogP contribution is -2.49. The minimum Gasteiger partial charge on any atom is -0.381 e. The summed E-state index contributed by atoms with van der Waals surface area (Å²) in [5.74, 6) is -0.162. The molecule has 2 aliphatic rings. The first-order valence-corrected chi connectivity index (χ1v) is 10.4. The first kappa shape index (κ1) is 18.4. The van der Waals surface area contributed by atoms with Crippen molar-refractivity contribution >= 4 is 16.8 Å². The maximum Gasteiger partial charge on any atom is 0.231 e. The molecule has 1 fully saturated rings. The summed E-state index contributed by atoms with van der Waals surface area (Å²) in [5.41, 5.74) is 3.59. The standard InChI is InChI=1S/C24H25FN2O2/c25-17-9-10-20-19(15-17)18-7-4-8-21(22(18)26-20)27-23(28)24(11-13-29-14-12-24)16-5-2-1-3-6-16/h1-3,5-6,9-10,15,21,26H,4,7-8,11-14H2,(H,27,28)/t21-/m1/s1. The van der Waals surface area contributed by atoms with E-state index in [9.17, 15) is 9.18 Å². The van der Waals surface area contributed by atoms with Gasteiger partial charge in [-0.15, -0.1) is 0 Å². The molecule has 1 aliphatic heterocycles. The number of nitrogens with one attached hydrogen (secondary N) is 2. The third-order valence-corrected chi connectivity index (χ3v) is 6.58. The largest absolute Gasteiger partial charge is 0.381 e. The molecule has 150 valence electrons. The van der Waals surface area contributed by atoms with Gasteiger partial charge in [0.25, 0.3) is 0 Å². The summed E-state index contributed by atoms with van der Waals surface area (Å²) in [5, 5.41) is 4.27. The summed E-state index contributed by atoms with van der Waals surface area (Å²) >= 11 is 0. The number of amides is 1. The van der Waals surface area contributed by atoms with Crippen molar-refractivity contribution in [3.05, 3.63) is 71.2 Å². The highest BCUT2D eigenvalue weighted by molar-refractivity contribution is 5.90. The topological polar surface area (TPSA) is 54.1 Å². The van der Waals surface area contributed by atoms with Crippen molar-refractivity contribution in [1.29, 1.82) is 0 Å². The van der Waals surface area contributed by atoms with Crippen LogP contribution < -0.4 is 5.32 Å². The van der Waals surface area contributed by atoms with Crippen LogP contribution in [0.15, 0.2) is 48.5 Å². The van der Waals surface area contributed by atoms with Crippen LogP contribution in [0.4, 0.5) is 4.39 Å². The molecule has 1 aromatic heterocycles. The van der Waals surface area contributed by atoms with Gasteiger partial charge in [-0.3, -0.25) is 4.79 Å². The normalized spacial score (nSPS) is 20.9. The summed E-state index contributed by atoms with van der Waals surface area (Å²) in [6.45, 7) is 1.17. The monoisotopic (exact) mass is 392 g/mol. The average Bonchev–Trinajstić information content (AvgIpc) is 3.14. The molecular formula is C24H25FN2O2. The second kappa shape index (κ2) is 7.30. The molecule has 29 heavy (non-hydrogen) atoms. The molecule has 0 unspecified atom stereocenters. The van der Waals surface area contributed by atoms with E-state index in [0.717, 1.165) is 47.0 Å². The van der Waals surface area contributed by atoms with Gasteiger partial charge in [0.15, 0.2) is 0 Å². The third-order valence-electron chi connectivity index (χ3n) is 6.58. The van der Waals surface area contributed by atoms with Gasteiger partial charge in [0, 0.05) is 29.8 Å². The van der Waals surface area contributed by atoms with Gasteiger partial charge in [-0.25, -0.2) is 4.39 Å². The molecule has 1 amide bonds. The molecule has 0 bridgehead atoms. The smallest absolute Gasteiger partial charge is 0.231 e. The molecule has 0 spiro atoms. The molecule has 1 aliphatic carbocycles. The molecule has 5 heteroatoms. The van der Waals surface area contributed by atoms with E-state index in [1.807, 2.05) is 30.3 Å². The fourth-order valence-electron chi connectivity index (χ4n) is 5.00. The van der Waals surface area contributed by atoms with Crippen LogP contribution in [-0.2, 0) is 21.4 Å². The van der Waals surface area contributed by atoms with Gasteiger partial charge >= 0.3 is 0 Å². The van der Waals surface area contributed by atoms with Gasteiger partial charge in [-0.2, -0.15) is 0 Å². The molecule has 5 rings (SSSR count). The summed E-state index contributed by atoms with van der Waals surface area (Å²) in [6.07, 6.45) is 4.13. The number of hydrogen-bond acceptors (Lipinski definition) is 2. The van der Waals surface area contributed by atoms with Gasteiger partial charge < -0.3 is 15.0 Å². The number of halogens is 1. The van der Waals surface area contributed by atoms with Crippen LogP contribution in [-0.4, -0.2) is 24.1 Å². The summed E-state index contributed by atoms with van der Waals surface area (Å²) in [7, 11) is 0. The lowest BCUT2D eigenvalue weighted by Gasteiger charge is -2.38. The zero-order valence-electron chi connectivity index (χ0n) is 16.3. The second-order valence-electron chi connectivity index (χ2n) is 8.19. The van der Waals surface area contributed by atoms with Gasteiger partial charge in [0.05, 0.1) is 11.5 Å². The summed E-state index contributed by atoms with van der Waals surface area (Å²) in [4.78, 5) is 17.1. The Kier molecular flexibility index (Phi) is 4.63. The van der Waals surface area contributed by atoms with Crippen molar-refractivity contribution in [2.24, 2.45) is 0 Å². The fourth-order valence-corrected chi connectivity index (χ4v) is 5.00. The molecule has 2 heterocycles. The first-order valence-electron chi connectivity index (χ1n) is 10.4. The van der Waals surface area contributed by atoms with Crippen LogP contribution in [0.5, 0.6) is 0 Å². The maximum absolute atomic E-state index is 13.8. The Morgan fingerprint density at radius 3 is 2.72 bits per heavy atom. The van der Waals surface area contributed by atoms with Crippen molar-refractivity contribution in [2.45, 2.75) is 43.6 Å². The Hall–Kier alpha value is -2.66. The lowest BCUT2D eigenvalue weighted by molar-refractivity contribution is -0.131. The number of benzene rings is 2. The van der Waals surface area contributed by atoms with Crippen LogP contribution in [0.1, 0.15) is 48.5 Å². The van der Waals surface area contributed by atoms with E-state index in [1.165, 1.54) is 6.07 Å². The van der Waals surface area contributed by atoms with E-state index in [2.05, 4.69) is 10.3 Å². The average molecular weight is 392 g/mol. The van der Waals surface area contributed by atoms with E-state index in [-0.39, 0.29) is 17.8 Å². The minimum absolute atomic E-state index is 0.0645. The van der Waals surface area contributed by atoms with Crippen LogP contribution in [0.2, 0.25) is 0 Å². The van der Waals surface area contributed by atoms with Gasteiger partial charge in [-0.05, 0) is 61.4 Å². The summed E-state index contributed by atoms with van der Waals surface area (Å²) < 4.78 is 19.3. The number of aromatic nitrogens is 1. The molecule has 2 aromatic carbocycles. The van der Waals surface area contributed by atoms with Gasteiger partial charge in [0.1, 0.15) is 5.82 Å². The quantitative estimate of drug-likeness (QED) is 0.687. The predicted octanol–water partition coefficient (Wildman–Crippen LogP) is 4.55. The van der Waals surface area contributed by atoms with E-state index in [4.69, 9.17) is 4.74 Å². The molecule has 2 N–H and O–H groups in total. The number of carbonyl (C=O) groups is 1. The number of aryl methyl sites for hydroxylation is 1. The Bertz CT molecular complexity index is 1040. The van der Waals surface area contributed by atoms with Gasteiger partial charge in [-0.1, -0.05) is 30.3 Å². The Morgan fingerprint density at radius 2 is 1.93 bits per heavy atom. The predicted molar refractivity (Wildman–Crippen MR) is 110 cm³/mol. The van der Waals surface area contributed by atoms with Crippen molar-refractivity contribution in [3.63, 3.8) is 0 Å². The van der Waals surface area contributed by atoms with Gasteiger partial charge in [0.2, 0.25) is 5.91 Å². The number of rotatable bonds is 3. The zero-order chi connectivity index (χ0) is 19.8. The minimum atomic E-state index is -0.560. The van der Waals surface area contributed by atoms with E-state index < -0.39 is 5.41 Å². The van der Waals surface area contributed by atoms with Crippen LogP contribution in [0, 0.1) is 5.82 Å². The second-order valence-corrected chi connectivity index (χ2v) is 8.19. The van der Waals surface area contributed by atoms with Crippen LogP contribution in [0.25, 0.3) is 10.9 Å². The molecular weight excluding hydrogens is 367 g/mol. The van der Waals surface area contributed by atoms with Crippen molar-refractivity contribution in [3.8, 4) is 0 Å². The highest BCUT2D eigenvalue weighted by Gasteiger charge is 2.43. The molecule has 1 saturated heterocycles. The van der Waals surface area contributed by atoms with Crippen molar-refractivity contribution < 1.29 is 13.9 Å².